The summed E-state index contributed by atoms with van der Waals surface area (Å²) < 4.78 is 0. The molecule has 1 aliphatic heterocycles. The molecule has 2 rings (SSSR count). The Hall–Kier alpha value is -0.870. The minimum atomic E-state index is 0.528. The monoisotopic (exact) mass is 282 g/mol. The number of nitrogens with one attached hydrogen (secondary N) is 1. The predicted molar refractivity (Wildman–Crippen MR) is 79.8 cm³/mol. The van der Waals surface area contributed by atoms with E-state index in [9.17, 15) is 0 Å². The third-order valence-electron chi connectivity index (χ3n) is 3.64. The first-order valence-corrected chi connectivity index (χ1v) is 7.62. The number of likely N-dealkylation sites (tertiary alicyclic amines) is 1. The average Bonchev–Trinajstić information content (AvgIpc) is 2.83. The number of aromatic nitrogens is 2. The number of halogens is 1. The van der Waals surface area contributed by atoms with Crippen LogP contribution >= 0.6 is 11.6 Å². The molecule has 0 aromatic carbocycles. The second kappa shape index (κ2) is 7.06. The lowest BCUT2D eigenvalue weighted by atomic mass is 10.2. The Labute approximate surface area is 120 Å². The molecule has 2 heterocycles. The molecule has 1 unspecified atom stereocenters. The average molecular weight is 283 g/mol. The Balaban J connectivity index is 1.95. The maximum absolute atomic E-state index is 6.04. The summed E-state index contributed by atoms with van der Waals surface area (Å²) in [5.74, 6) is 1.68. The number of nitrogens with zero attached hydrogens (tertiary/aromatic N) is 3. The van der Waals surface area contributed by atoms with E-state index in [1.165, 1.54) is 19.4 Å². The topological polar surface area (TPSA) is 41.1 Å². The van der Waals surface area contributed by atoms with E-state index in [0.29, 0.717) is 11.2 Å². The van der Waals surface area contributed by atoms with Gasteiger partial charge in [-0.15, -0.1) is 0 Å². The molecule has 0 saturated carbocycles. The highest BCUT2D eigenvalue weighted by molar-refractivity contribution is 6.29. The first kappa shape index (κ1) is 14.5. The van der Waals surface area contributed by atoms with Gasteiger partial charge >= 0.3 is 0 Å². The van der Waals surface area contributed by atoms with Crippen LogP contribution in [0.15, 0.2) is 6.07 Å². The molecule has 1 saturated heterocycles. The molecule has 1 N–H and O–H groups in total. The Morgan fingerprint density at radius 1 is 1.42 bits per heavy atom. The van der Waals surface area contributed by atoms with Crippen LogP contribution in [0.3, 0.4) is 0 Å². The van der Waals surface area contributed by atoms with Crippen molar-refractivity contribution >= 4 is 17.4 Å². The van der Waals surface area contributed by atoms with Crippen LogP contribution in [-0.2, 0) is 6.42 Å². The standard InChI is InChI=1S/C14H23ClN4/c1-3-6-13-17-12(15)9-14(18-13)16-10-11-7-5-8-19(11)4-2/h9,11H,3-8,10H2,1-2H3,(H,16,17,18). The van der Waals surface area contributed by atoms with E-state index in [2.05, 4.69) is 34.0 Å². The van der Waals surface area contributed by atoms with Gasteiger partial charge in [0.1, 0.15) is 16.8 Å². The molecule has 1 aliphatic rings. The highest BCUT2D eigenvalue weighted by Crippen LogP contribution is 2.18. The van der Waals surface area contributed by atoms with Crippen LogP contribution in [0.2, 0.25) is 5.15 Å². The van der Waals surface area contributed by atoms with E-state index in [0.717, 1.165) is 37.6 Å². The molecule has 1 fully saturated rings. The summed E-state index contributed by atoms with van der Waals surface area (Å²) in [5, 5.41) is 3.94. The molecule has 1 aromatic rings. The van der Waals surface area contributed by atoms with Crippen LogP contribution in [0, 0.1) is 0 Å². The summed E-state index contributed by atoms with van der Waals surface area (Å²) in [4.78, 5) is 11.3. The second-order valence-electron chi connectivity index (χ2n) is 5.05. The molecule has 1 aromatic heterocycles. The number of likely N-dealkylation sites (N-methyl/N-ethyl adjacent to an activating group) is 1. The Morgan fingerprint density at radius 2 is 2.26 bits per heavy atom. The highest BCUT2D eigenvalue weighted by atomic mass is 35.5. The fourth-order valence-electron chi connectivity index (χ4n) is 2.66. The maximum Gasteiger partial charge on any atom is 0.134 e. The maximum atomic E-state index is 6.04. The van der Waals surface area contributed by atoms with E-state index in [1.54, 1.807) is 0 Å². The summed E-state index contributed by atoms with van der Waals surface area (Å²) in [7, 11) is 0. The largest absolute Gasteiger partial charge is 0.368 e. The lowest BCUT2D eigenvalue weighted by molar-refractivity contribution is 0.277. The van der Waals surface area contributed by atoms with Crippen molar-refractivity contribution < 1.29 is 0 Å². The van der Waals surface area contributed by atoms with Crippen molar-refractivity contribution in [3.63, 3.8) is 0 Å². The van der Waals surface area contributed by atoms with Gasteiger partial charge in [0.25, 0.3) is 0 Å². The number of hydrogen-bond donors (Lipinski definition) is 1. The molecule has 0 radical (unpaired) electrons. The molecular weight excluding hydrogens is 260 g/mol. The van der Waals surface area contributed by atoms with Gasteiger partial charge in [0.05, 0.1) is 0 Å². The summed E-state index contributed by atoms with van der Waals surface area (Å²) in [6, 6.07) is 2.43. The molecule has 1 atom stereocenters. The van der Waals surface area contributed by atoms with Crippen molar-refractivity contribution in [3.8, 4) is 0 Å². The van der Waals surface area contributed by atoms with Gasteiger partial charge in [0.15, 0.2) is 0 Å². The zero-order valence-corrected chi connectivity index (χ0v) is 12.6. The third kappa shape index (κ3) is 4.05. The zero-order chi connectivity index (χ0) is 13.7. The lowest BCUT2D eigenvalue weighted by Crippen LogP contribution is -2.34. The molecule has 106 valence electrons. The molecule has 19 heavy (non-hydrogen) atoms. The van der Waals surface area contributed by atoms with Crippen LogP contribution in [-0.4, -0.2) is 40.5 Å². The Kier molecular flexibility index (Phi) is 5.40. The van der Waals surface area contributed by atoms with Crippen molar-refractivity contribution in [1.29, 1.82) is 0 Å². The van der Waals surface area contributed by atoms with Gasteiger partial charge in [-0.2, -0.15) is 0 Å². The van der Waals surface area contributed by atoms with Gasteiger partial charge in [-0.25, -0.2) is 9.97 Å². The quantitative estimate of drug-likeness (QED) is 0.815. The second-order valence-corrected chi connectivity index (χ2v) is 5.43. The summed E-state index contributed by atoms with van der Waals surface area (Å²) in [6.07, 6.45) is 4.47. The van der Waals surface area contributed by atoms with Crippen LogP contribution < -0.4 is 5.32 Å². The lowest BCUT2D eigenvalue weighted by Gasteiger charge is -2.23. The molecule has 0 amide bonds. The number of rotatable bonds is 6. The Morgan fingerprint density at radius 3 is 3.00 bits per heavy atom. The predicted octanol–water partition coefficient (Wildman–Crippen LogP) is 2.98. The molecule has 0 aliphatic carbocycles. The van der Waals surface area contributed by atoms with E-state index in [1.807, 2.05) is 6.07 Å². The van der Waals surface area contributed by atoms with Crippen molar-refractivity contribution in [3.05, 3.63) is 17.0 Å². The van der Waals surface area contributed by atoms with Crippen LogP contribution in [0.25, 0.3) is 0 Å². The molecule has 5 heteroatoms. The molecular formula is C14H23ClN4. The van der Waals surface area contributed by atoms with Gasteiger partial charge in [-0.3, -0.25) is 4.90 Å². The highest BCUT2D eigenvalue weighted by Gasteiger charge is 2.22. The third-order valence-corrected chi connectivity index (χ3v) is 3.83. The number of hydrogen-bond acceptors (Lipinski definition) is 4. The SMILES string of the molecule is CCCc1nc(Cl)cc(NCC2CCCN2CC)n1. The summed E-state index contributed by atoms with van der Waals surface area (Å²) in [6.45, 7) is 7.62. The number of anilines is 1. The van der Waals surface area contributed by atoms with Crippen molar-refractivity contribution in [2.24, 2.45) is 0 Å². The van der Waals surface area contributed by atoms with E-state index in [-0.39, 0.29) is 0 Å². The van der Waals surface area contributed by atoms with Crippen LogP contribution in [0.4, 0.5) is 5.82 Å². The summed E-state index contributed by atoms with van der Waals surface area (Å²) >= 11 is 6.04. The first-order chi connectivity index (χ1) is 9.22. The fraction of sp³-hybridized carbons (Fsp3) is 0.714. The van der Waals surface area contributed by atoms with Crippen LogP contribution in [0.1, 0.15) is 38.9 Å². The van der Waals surface area contributed by atoms with Crippen molar-refractivity contribution in [2.75, 3.05) is 25.0 Å². The van der Waals surface area contributed by atoms with Gasteiger partial charge in [-0.1, -0.05) is 25.4 Å². The van der Waals surface area contributed by atoms with Gasteiger partial charge in [0, 0.05) is 25.1 Å². The van der Waals surface area contributed by atoms with Gasteiger partial charge < -0.3 is 5.32 Å². The van der Waals surface area contributed by atoms with Gasteiger partial charge in [-0.05, 0) is 32.4 Å². The summed E-state index contributed by atoms with van der Waals surface area (Å²) in [5.41, 5.74) is 0. The minimum absolute atomic E-state index is 0.528. The van der Waals surface area contributed by atoms with Crippen LogP contribution in [0.5, 0.6) is 0 Å². The Bertz CT molecular complexity index is 410. The molecule has 0 spiro atoms. The number of aryl methyl sites for hydroxylation is 1. The first-order valence-electron chi connectivity index (χ1n) is 7.24. The van der Waals surface area contributed by atoms with E-state index < -0.39 is 0 Å². The zero-order valence-electron chi connectivity index (χ0n) is 11.8. The smallest absolute Gasteiger partial charge is 0.134 e. The molecule has 0 bridgehead atoms. The van der Waals surface area contributed by atoms with Crippen molar-refractivity contribution in [2.45, 2.75) is 45.6 Å². The minimum Gasteiger partial charge on any atom is -0.368 e. The molecule has 4 nitrogen and oxygen atoms in total. The van der Waals surface area contributed by atoms with E-state index >= 15 is 0 Å². The van der Waals surface area contributed by atoms with Crippen molar-refractivity contribution in [1.82, 2.24) is 14.9 Å². The fourth-order valence-corrected chi connectivity index (χ4v) is 2.86. The van der Waals surface area contributed by atoms with E-state index in [4.69, 9.17) is 11.6 Å². The normalized spacial score (nSPS) is 19.8. The van der Waals surface area contributed by atoms with Gasteiger partial charge in [0.2, 0.25) is 0 Å².